The third kappa shape index (κ3) is 4.45. The number of rotatable bonds is 8. The number of hydrogen-bond acceptors (Lipinski definition) is 6. The van der Waals surface area contributed by atoms with Crippen LogP contribution < -0.4 is 10.1 Å². The van der Waals surface area contributed by atoms with E-state index in [1.807, 2.05) is 0 Å². The molecule has 0 saturated carbocycles. The number of halogens is 1. The summed E-state index contributed by atoms with van der Waals surface area (Å²) in [4.78, 5) is 0. The number of ether oxygens (including phenoxy) is 2. The van der Waals surface area contributed by atoms with E-state index in [0.717, 1.165) is 24.5 Å². The van der Waals surface area contributed by atoms with Crippen molar-refractivity contribution in [2.45, 2.75) is 6.42 Å². The third-order valence-electron chi connectivity index (χ3n) is 2.86. The van der Waals surface area contributed by atoms with Crippen LogP contribution >= 0.6 is 11.3 Å². The van der Waals surface area contributed by atoms with Crippen molar-refractivity contribution in [3.8, 4) is 16.3 Å². The zero-order chi connectivity index (χ0) is 15.1. The molecule has 21 heavy (non-hydrogen) atoms. The number of benzene rings is 1. The molecular formula is C14H18FN3O2S. The highest BCUT2D eigenvalue weighted by molar-refractivity contribution is 7.14. The highest BCUT2D eigenvalue weighted by Gasteiger charge is 2.10. The van der Waals surface area contributed by atoms with Crippen LogP contribution in [0.3, 0.4) is 0 Å². The van der Waals surface area contributed by atoms with Gasteiger partial charge in [0.2, 0.25) is 0 Å². The Labute approximate surface area is 127 Å². The first-order valence-corrected chi connectivity index (χ1v) is 7.42. The number of nitrogens with zero attached hydrogens (tertiary/aromatic N) is 2. The maximum atomic E-state index is 13.7. The fourth-order valence-corrected chi connectivity index (χ4v) is 2.60. The average molecular weight is 311 g/mol. The highest BCUT2D eigenvalue weighted by Crippen LogP contribution is 2.27. The van der Waals surface area contributed by atoms with Crippen LogP contribution in [0.1, 0.15) is 5.01 Å². The van der Waals surface area contributed by atoms with Gasteiger partial charge in [0, 0.05) is 32.2 Å². The Morgan fingerprint density at radius 2 is 2.10 bits per heavy atom. The predicted molar refractivity (Wildman–Crippen MR) is 80.3 cm³/mol. The lowest BCUT2D eigenvalue weighted by atomic mass is 10.2. The molecule has 0 bridgehead atoms. The van der Waals surface area contributed by atoms with Gasteiger partial charge in [0.15, 0.2) is 11.6 Å². The molecule has 1 N–H and O–H groups in total. The zero-order valence-electron chi connectivity index (χ0n) is 12.1. The Kier molecular flexibility index (Phi) is 6.04. The summed E-state index contributed by atoms with van der Waals surface area (Å²) < 4.78 is 23.5. The number of aromatic nitrogens is 2. The summed E-state index contributed by atoms with van der Waals surface area (Å²) in [6.07, 6.45) is 0.792. The van der Waals surface area contributed by atoms with E-state index in [9.17, 15) is 4.39 Å². The van der Waals surface area contributed by atoms with Crippen molar-refractivity contribution >= 4 is 11.3 Å². The van der Waals surface area contributed by atoms with Crippen molar-refractivity contribution in [2.24, 2.45) is 0 Å². The molecule has 1 aromatic heterocycles. The van der Waals surface area contributed by atoms with Crippen LogP contribution in [0.15, 0.2) is 18.2 Å². The van der Waals surface area contributed by atoms with Gasteiger partial charge in [-0.15, -0.1) is 10.2 Å². The van der Waals surface area contributed by atoms with Crippen LogP contribution in [-0.4, -0.2) is 44.1 Å². The van der Waals surface area contributed by atoms with Crippen LogP contribution in [0.2, 0.25) is 0 Å². The van der Waals surface area contributed by atoms with E-state index in [1.165, 1.54) is 24.5 Å². The third-order valence-corrected chi connectivity index (χ3v) is 3.90. The van der Waals surface area contributed by atoms with Gasteiger partial charge >= 0.3 is 0 Å². The molecule has 0 amide bonds. The van der Waals surface area contributed by atoms with Crippen LogP contribution in [-0.2, 0) is 11.2 Å². The Morgan fingerprint density at radius 1 is 1.24 bits per heavy atom. The molecule has 0 aliphatic rings. The summed E-state index contributed by atoms with van der Waals surface area (Å²) in [7, 11) is 3.12. The molecule has 2 aromatic rings. The maximum Gasteiger partial charge on any atom is 0.165 e. The van der Waals surface area contributed by atoms with Gasteiger partial charge < -0.3 is 14.8 Å². The lowest BCUT2D eigenvalue weighted by Crippen LogP contribution is -2.21. The van der Waals surface area contributed by atoms with Crippen molar-refractivity contribution in [2.75, 3.05) is 33.9 Å². The molecule has 0 fully saturated rings. The van der Waals surface area contributed by atoms with Crippen LogP contribution in [0.5, 0.6) is 5.75 Å². The fraction of sp³-hybridized carbons (Fsp3) is 0.429. The first-order valence-electron chi connectivity index (χ1n) is 6.60. The molecule has 1 aromatic carbocycles. The van der Waals surface area contributed by atoms with E-state index < -0.39 is 5.82 Å². The fourth-order valence-electron chi connectivity index (χ4n) is 1.77. The minimum atomic E-state index is -0.395. The van der Waals surface area contributed by atoms with Gasteiger partial charge in [-0.05, 0) is 18.2 Å². The van der Waals surface area contributed by atoms with Gasteiger partial charge in [-0.3, -0.25) is 0 Å². The van der Waals surface area contributed by atoms with Gasteiger partial charge in [-0.2, -0.15) is 0 Å². The lowest BCUT2D eigenvalue weighted by Gasteiger charge is -2.02. The van der Waals surface area contributed by atoms with E-state index in [0.29, 0.717) is 17.2 Å². The van der Waals surface area contributed by atoms with E-state index >= 15 is 0 Å². The van der Waals surface area contributed by atoms with Crippen molar-refractivity contribution < 1.29 is 13.9 Å². The van der Waals surface area contributed by atoms with Crippen LogP contribution in [0.25, 0.3) is 10.6 Å². The summed E-state index contributed by atoms with van der Waals surface area (Å²) in [6, 6.07) is 4.79. The van der Waals surface area contributed by atoms with Gasteiger partial charge in [0.25, 0.3) is 0 Å². The topological polar surface area (TPSA) is 56.3 Å². The molecule has 7 heteroatoms. The predicted octanol–water partition coefficient (Wildman–Crippen LogP) is 2.13. The normalized spacial score (nSPS) is 10.8. The minimum absolute atomic E-state index is 0.228. The average Bonchev–Trinajstić information content (AvgIpc) is 2.96. The van der Waals surface area contributed by atoms with Gasteiger partial charge in [-0.25, -0.2) is 4.39 Å². The Balaban J connectivity index is 1.94. The molecule has 0 atom stereocenters. The van der Waals surface area contributed by atoms with Crippen molar-refractivity contribution in [1.82, 2.24) is 15.5 Å². The molecule has 0 unspecified atom stereocenters. The lowest BCUT2D eigenvalue weighted by molar-refractivity contribution is 0.199. The molecular weight excluding hydrogens is 293 g/mol. The second kappa shape index (κ2) is 8.02. The summed E-state index contributed by atoms with van der Waals surface area (Å²) in [6.45, 7) is 2.31. The smallest absolute Gasteiger partial charge is 0.165 e. The molecule has 114 valence electrons. The SMILES string of the molecule is COCCNCCc1nnc(-c2ccc(OC)c(F)c2)s1. The Morgan fingerprint density at radius 3 is 2.81 bits per heavy atom. The minimum Gasteiger partial charge on any atom is -0.494 e. The molecule has 1 heterocycles. The molecule has 0 saturated heterocycles. The number of methoxy groups -OCH3 is 2. The summed E-state index contributed by atoms with van der Waals surface area (Å²) in [5.41, 5.74) is 0.712. The van der Waals surface area contributed by atoms with E-state index in [4.69, 9.17) is 9.47 Å². The largest absolute Gasteiger partial charge is 0.494 e. The number of nitrogens with one attached hydrogen (secondary N) is 1. The Bertz CT molecular complexity index is 577. The standard InChI is InChI=1S/C14H18FN3O2S/c1-19-8-7-16-6-5-13-17-18-14(21-13)10-3-4-12(20-2)11(15)9-10/h3-4,9,16H,5-8H2,1-2H3. The Hall–Kier alpha value is -1.57. The van der Waals surface area contributed by atoms with Gasteiger partial charge in [-0.1, -0.05) is 11.3 Å². The summed E-state index contributed by atoms with van der Waals surface area (Å²) in [5.74, 6) is -0.168. The van der Waals surface area contributed by atoms with Gasteiger partial charge in [0.1, 0.15) is 10.0 Å². The van der Waals surface area contributed by atoms with Crippen molar-refractivity contribution in [1.29, 1.82) is 0 Å². The second-order valence-electron chi connectivity index (χ2n) is 4.34. The highest BCUT2D eigenvalue weighted by atomic mass is 32.1. The van der Waals surface area contributed by atoms with Crippen LogP contribution in [0, 0.1) is 5.82 Å². The van der Waals surface area contributed by atoms with E-state index in [-0.39, 0.29) is 5.75 Å². The number of hydrogen-bond donors (Lipinski definition) is 1. The summed E-state index contributed by atoms with van der Waals surface area (Å²) in [5, 5.41) is 13.1. The molecule has 5 nitrogen and oxygen atoms in total. The quantitative estimate of drug-likeness (QED) is 0.757. The first kappa shape index (κ1) is 15.8. The van der Waals surface area contributed by atoms with E-state index in [1.54, 1.807) is 19.2 Å². The van der Waals surface area contributed by atoms with Crippen LogP contribution in [0.4, 0.5) is 4.39 Å². The van der Waals surface area contributed by atoms with Crippen molar-refractivity contribution in [3.05, 3.63) is 29.0 Å². The zero-order valence-corrected chi connectivity index (χ0v) is 12.9. The molecule has 0 aliphatic carbocycles. The summed E-state index contributed by atoms with van der Waals surface area (Å²) >= 11 is 1.47. The molecule has 0 radical (unpaired) electrons. The monoisotopic (exact) mass is 311 g/mol. The molecule has 2 rings (SSSR count). The van der Waals surface area contributed by atoms with Gasteiger partial charge in [0.05, 0.1) is 13.7 Å². The maximum absolute atomic E-state index is 13.7. The molecule has 0 spiro atoms. The molecule has 0 aliphatic heterocycles. The first-order chi connectivity index (χ1) is 10.2. The van der Waals surface area contributed by atoms with Crippen molar-refractivity contribution in [3.63, 3.8) is 0 Å². The second-order valence-corrected chi connectivity index (χ2v) is 5.41. The van der Waals surface area contributed by atoms with E-state index in [2.05, 4.69) is 15.5 Å².